The zero-order chi connectivity index (χ0) is 17.0. The molecule has 1 heterocycles. The van der Waals surface area contributed by atoms with E-state index >= 15 is 0 Å². The molecule has 124 valence electrons. The third-order valence-corrected chi connectivity index (χ3v) is 4.16. The van der Waals surface area contributed by atoms with E-state index in [2.05, 4.69) is 4.98 Å². The van der Waals surface area contributed by atoms with Crippen molar-refractivity contribution >= 4 is 17.3 Å². The van der Waals surface area contributed by atoms with Gasteiger partial charge < -0.3 is 18.9 Å². The SMILES string of the molecule is CCOC(=O)c1nc(C)sc1-c1cc(OC)c(OC)cc1OC. The van der Waals surface area contributed by atoms with Gasteiger partial charge in [-0.2, -0.15) is 0 Å². The average Bonchev–Trinajstić information content (AvgIpc) is 2.95. The number of ether oxygens (including phenoxy) is 4. The summed E-state index contributed by atoms with van der Waals surface area (Å²) in [6.07, 6.45) is 0. The molecule has 0 amide bonds. The third kappa shape index (κ3) is 3.39. The maximum atomic E-state index is 12.2. The number of hydrogen-bond donors (Lipinski definition) is 0. The second-order valence-corrected chi connectivity index (χ2v) is 5.74. The van der Waals surface area contributed by atoms with Crippen molar-refractivity contribution in [1.82, 2.24) is 4.98 Å². The molecular weight excluding hydrogens is 318 g/mol. The molecule has 0 saturated heterocycles. The van der Waals surface area contributed by atoms with Crippen LogP contribution in [0.2, 0.25) is 0 Å². The topological polar surface area (TPSA) is 66.9 Å². The highest BCUT2D eigenvalue weighted by molar-refractivity contribution is 7.15. The molecule has 23 heavy (non-hydrogen) atoms. The lowest BCUT2D eigenvalue weighted by molar-refractivity contribution is 0.0521. The molecule has 1 aromatic carbocycles. The van der Waals surface area contributed by atoms with E-state index in [4.69, 9.17) is 18.9 Å². The summed E-state index contributed by atoms with van der Waals surface area (Å²) in [5, 5.41) is 0.764. The summed E-state index contributed by atoms with van der Waals surface area (Å²) in [4.78, 5) is 17.1. The van der Waals surface area contributed by atoms with E-state index in [1.54, 1.807) is 40.4 Å². The van der Waals surface area contributed by atoms with Gasteiger partial charge in [-0.15, -0.1) is 11.3 Å². The number of carbonyl (C=O) groups is 1. The molecule has 0 aliphatic heterocycles. The molecular formula is C16H19NO5S. The fraction of sp³-hybridized carbons (Fsp3) is 0.375. The highest BCUT2D eigenvalue weighted by Crippen LogP contribution is 2.43. The average molecular weight is 337 g/mol. The molecule has 2 aromatic rings. The molecule has 0 radical (unpaired) electrons. The van der Waals surface area contributed by atoms with Gasteiger partial charge in [-0.25, -0.2) is 9.78 Å². The van der Waals surface area contributed by atoms with Gasteiger partial charge in [-0.1, -0.05) is 0 Å². The smallest absolute Gasteiger partial charge is 0.358 e. The van der Waals surface area contributed by atoms with Crippen molar-refractivity contribution in [3.8, 4) is 27.7 Å². The second kappa shape index (κ2) is 7.32. The van der Waals surface area contributed by atoms with E-state index in [1.165, 1.54) is 11.3 Å². The number of nitrogens with zero attached hydrogens (tertiary/aromatic N) is 1. The van der Waals surface area contributed by atoms with Crippen LogP contribution in [0, 0.1) is 6.92 Å². The van der Waals surface area contributed by atoms with Crippen LogP contribution >= 0.6 is 11.3 Å². The lowest BCUT2D eigenvalue weighted by Gasteiger charge is -2.13. The van der Waals surface area contributed by atoms with Gasteiger partial charge in [-0.3, -0.25) is 0 Å². The van der Waals surface area contributed by atoms with Crippen molar-refractivity contribution in [2.45, 2.75) is 13.8 Å². The fourth-order valence-electron chi connectivity index (χ4n) is 2.15. The van der Waals surface area contributed by atoms with Crippen LogP contribution in [0.5, 0.6) is 17.2 Å². The third-order valence-electron chi connectivity index (χ3n) is 3.15. The molecule has 0 bridgehead atoms. The van der Waals surface area contributed by atoms with Gasteiger partial charge in [-0.05, 0) is 19.9 Å². The maximum Gasteiger partial charge on any atom is 0.358 e. The Morgan fingerprint density at radius 2 is 1.70 bits per heavy atom. The predicted molar refractivity (Wildman–Crippen MR) is 87.9 cm³/mol. The zero-order valence-corrected chi connectivity index (χ0v) is 14.6. The molecule has 0 fully saturated rings. The standard InChI is InChI=1S/C16H19NO5S/c1-6-22-16(18)14-15(23-9(2)17-14)10-7-12(20-4)13(21-5)8-11(10)19-3/h7-8H,6H2,1-5H3. The molecule has 0 N–H and O–H groups in total. The van der Waals surface area contributed by atoms with Gasteiger partial charge in [0.05, 0.1) is 37.8 Å². The van der Waals surface area contributed by atoms with Gasteiger partial charge in [0.2, 0.25) is 0 Å². The van der Waals surface area contributed by atoms with E-state index in [0.717, 1.165) is 5.01 Å². The Balaban J connectivity index is 2.64. The largest absolute Gasteiger partial charge is 0.496 e. The monoisotopic (exact) mass is 337 g/mol. The van der Waals surface area contributed by atoms with E-state index in [1.807, 2.05) is 6.92 Å². The normalized spacial score (nSPS) is 10.3. The van der Waals surface area contributed by atoms with Crippen molar-refractivity contribution < 1.29 is 23.7 Å². The number of hydrogen-bond acceptors (Lipinski definition) is 7. The maximum absolute atomic E-state index is 12.2. The predicted octanol–water partition coefficient (Wildman–Crippen LogP) is 3.32. The van der Waals surface area contributed by atoms with E-state index in [0.29, 0.717) is 27.7 Å². The first-order valence-corrected chi connectivity index (χ1v) is 7.82. The fourth-order valence-corrected chi connectivity index (χ4v) is 3.08. The molecule has 0 aliphatic carbocycles. The summed E-state index contributed by atoms with van der Waals surface area (Å²) in [6, 6.07) is 3.49. The number of esters is 1. The Morgan fingerprint density at radius 1 is 1.09 bits per heavy atom. The van der Waals surface area contributed by atoms with Crippen molar-refractivity contribution in [2.75, 3.05) is 27.9 Å². The first-order valence-electron chi connectivity index (χ1n) is 7.00. The minimum atomic E-state index is -0.455. The lowest BCUT2D eigenvalue weighted by Crippen LogP contribution is -2.07. The van der Waals surface area contributed by atoms with Crippen molar-refractivity contribution in [1.29, 1.82) is 0 Å². The number of thiazole rings is 1. The van der Waals surface area contributed by atoms with Crippen LogP contribution in [0.3, 0.4) is 0 Å². The number of carbonyl (C=O) groups excluding carboxylic acids is 1. The van der Waals surface area contributed by atoms with Crippen molar-refractivity contribution in [3.05, 3.63) is 22.8 Å². The Bertz CT molecular complexity index is 711. The van der Waals surface area contributed by atoms with Gasteiger partial charge >= 0.3 is 5.97 Å². The van der Waals surface area contributed by atoms with Crippen LogP contribution in [0.1, 0.15) is 22.4 Å². The van der Waals surface area contributed by atoms with Crippen LogP contribution < -0.4 is 14.2 Å². The van der Waals surface area contributed by atoms with Crippen LogP contribution in [-0.4, -0.2) is 38.9 Å². The van der Waals surface area contributed by atoms with Gasteiger partial charge in [0.15, 0.2) is 17.2 Å². The molecule has 0 aliphatic rings. The Hall–Kier alpha value is -2.28. The zero-order valence-electron chi connectivity index (χ0n) is 13.8. The molecule has 0 spiro atoms. The van der Waals surface area contributed by atoms with Crippen molar-refractivity contribution in [3.63, 3.8) is 0 Å². The summed E-state index contributed by atoms with van der Waals surface area (Å²) in [7, 11) is 4.67. The highest BCUT2D eigenvalue weighted by Gasteiger charge is 2.23. The minimum absolute atomic E-state index is 0.278. The molecule has 7 heteroatoms. The number of benzene rings is 1. The molecule has 1 aromatic heterocycles. The highest BCUT2D eigenvalue weighted by atomic mass is 32.1. The van der Waals surface area contributed by atoms with Gasteiger partial charge in [0, 0.05) is 11.6 Å². The van der Waals surface area contributed by atoms with E-state index in [9.17, 15) is 4.79 Å². The van der Waals surface area contributed by atoms with Crippen LogP contribution in [-0.2, 0) is 4.74 Å². The number of aromatic nitrogens is 1. The van der Waals surface area contributed by atoms with Gasteiger partial charge in [0.1, 0.15) is 5.75 Å². The number of aryl methyl sites for hydroxylation is 1. The van der Waals surface area contributed by atoms with Crippen LogP contribution in [0.15, 0.2) is 12.1 Å². The summed E-state index contributed by atoms with van der Waals surface area (Å²) >= 11 is 1.40. The van der Waals surface area contributed by atoms with Gasteiger partial charge in [0.25, 0.3) is 0 Å². The summed E-state index contributed by atoms with van der Waals surface area (Å²) < 4.78 is 21.1. The first kappa shape index (κ1) is 17.1. The Kier molecular flexibility index (Phi) is 5.44. The Labute approximate surface area is 139 Å². The number of methoxy groups -OCH3 is 3. The lowest BCUT2D eigenvalue weighted by atomic mass is 10.1. The molecule has 0 unspecified atom stereocenters. The minimum Gasteiger partial charge on any atom is -0.496 e. The summed E-state index contributed by atoms with van der Waals surface area (Å²) in [5.41, 5.74) is 0.985. The second-order valence-electron chi connectivity index (χ2n) is 4.54. The molecule has 6 nitrogen and oxygen atoms in total. The first-order chi connectivity index (χ1) is 11.0. The Morgan fingerprint density at radius 3 is 2.26 bits per heavy atom. The quantitative estimate of drug-likeness (QED) is 0.753. The molecule has 0 saturated carbocycles. The molecule has 0 atom stereocenters. The van der Waals surface area contributed by atoms with E-state index < -0.39 is 5.97 Å². The molecule has 2 rings (SSSR count). The van der Waals surface area contributed by atoms with Crippen LogP contribution in [0.25, 0.3) is 10.4 Å². The summed E-state index contributed by atoms with van der Waals surface area (Å²) in [5.74, 6) is 1.21. The van der Waals surface area contributed by atoms with E-state index in [-0.39, 0.29) is 12.3 Å². The summed E-state index contributed by atoms with van der Waals surface area (Å²) in [6.45, 7) is 3.88. The van der Waals surface area contributed by atoms with Crippen molar-refractivity contribution in [2.24, 2.45) is 0 Å². The number of rotatable bonds is 6. The van der Waals surface area contributed by atoms with Crippen LogP contribution in [0.4, 0.5) is 0 Å².